The lowest BCUT2D eigenvalue weighted by Crippen LogP contribution is -2.12. The predicted molar refractivity (Wildman–Crippen MR) is 65.0 cm³/mol. The van der Waals surface area contributed by atoms with E-state index in [4.69, 9.17) is 10.5 Å². The molecule has 2 heterocycles. The zero-order valence-corrected chi connectivity index (χ0v) is 11.1. The number of primary amides is 1. The van der Waals surface area contributed by atoms with E-state index < -0.39 is 5.91 Å². The van der Waals surface area contributed by atoms with Crippen LogP contribution in [-0.4, -0.2) is 39.7 Å². The van der Waals surface area contributed by atoms with Gasteiger partial charge in [-0.3, -0.25) is 9.59 Å². The number of carbonyl (C=O) groups excluding carboxylic acids is 2. The van der Waals surface area contributed by atoms with Crippen LogP contribution in [0.4, 0.5) is 0 Å². The molecule has 2 rings (SSSR count). The van der Waals surface area contributed by atoms with E-state index in [0.29, 0.717) is 21.7 Å². The molecule has 92 valence electrons. The molecule has 1 atom stereocenters. The molecule has 0 saturated carbocycles. The van der Waals surface area contributed by atoms with Crippen LogP contribution in [0.2, 0.25) is 0 Å². The van der Waals surface area contributed by atoms with Gasteiger partial charge in [-0.1, -0.05) is 34.9 Å². The molecule has 1 aromatic heterocycles. The number of esters is 1. The molecule has 2 N–H and O–H groups in total. The smallest absolute Gasteiger partial charge is 0.319 e. The number of hydrogen-bond acceptors (Lipinski definition) is 8. The van der Waals surface area contributed by atoms with E-state index in [1.54, 1.807) is 0 Å². The Morgan fingerprint density at radius 2 is 2.29 bits per heavy atom. The fraction of sp³-hybridized carbons (Fsp3) is 0.500. The largest absolute Gasteiger partial charge is 0.465 e. The van der Waals surface area contributed by atoms with Crippen molar-refractivity contribution in [2.45, 2.75) is 20.4 Å². The van der Waals surface area contributed by atoms with Crippen LogP contribution in [0.15, 0.2) is 8.68 Å². The van der Waals surface area contributed by atoms with Gasteiger partial charge >= 0.3 is 5.97 Å². The van der Waals surface area contributed by atoms with Gasteiger partial charge in [0.1, 0.15) is 5.25 Å². The summed E-state index contributed by atoms with van der Waals surface area (Å²) >= 11 is 3.96. The van der Waals surface area contributed by atoms with E-state index >= 15 is 0 Å². The van der Waals surface area contributed by atoms with Gasteiger partial charge < -0.3 is 10.5 Å². The van der Waals surface area contributed by atoms with Crippen molar-refractivity contribution in [2.75, 3.05) is 12.4 Å². The van der Waals surface area contributed by atoms with Crippen LogP contribution in [0.5, 0.6) is 0 Å². The van der Waals surface area contributed by atoms with E-state index in [1.165, 1.54) is 34.9 Å². The van der Waals surface area contributed by atoms with Gasteiger partial charge in [-0.05, 0) is 0 Å². The molecule has 17 heavy (non-hydrogen) atoms. The SMILES string of the molecule is NC(=O)CSc1nnc(SC2CCOC2=O)s1. The predicted octanol–water partition coefficient (Wildman–Crippen LogP) is 0.523. The summed E-state index contributed by atoms with van der Waals surface area (Å²) in [5.41, 5.74) is 5.03. The number of cyclic esters (lactones) is 1. The molecule has 1 amide bonds. The van der Waals surface area contributed by atoms with Gasteiger partial charge in [0.2, 0.25) is 5.91 Å². The van der Waals surface area contributed by atoms with Crippen molar-refractivity contribution in [1.82, 2.24) is 10.2 Å². The monoisotopic (exact) mass is 291 g/mol. The third kappa shape index (κ3) is 3.58. The summed E-state index contributed by atoms with van der Waals surface area (Å²) in [5, 5.41) is 7.67. The summed E-state index contributed by atoms with van der Waals surface area (Å²) in [6.45, 7) is 0.471. The normalized spacial score (nSPS) is 19.3. The first-order chi connectivity index (χ1) is 8.15. The molecule has 1 aliphatic heterocycles. The van der Waals surface area contributed by atoms with Crippen LogP contribution in [0, 0.1) is 0 Å². The molecule has 1 unspecified atom stereocenters. The molecule has 0 aromatic carbocycles. The average molecular weight is 291 g/mol. The highest BCUT2D eigenvalue weighted by molar-refractivity contribution is 8.04. The highest BCUT2D eigenvalue weighted by Gasteiger charge is 2.28. The Hall–Kier alpha value is -0.800. The third-order valence-electron chi connectivity index (χ3n) is 1.86. The summed E-state index contributed by atoms with van der Waals surface area (Å²) in [7, 11) is 0. The molecule has 0 radical (unpaired) electrons. The quantitative estimate of drug-likeness (QED) is 0.624. The standard InChI is InChI=1S/C8H9N3O3S3/c9-5(12)3-15-7-10-11-8(17-7)16-4-1-2-14-6(4)13/h4H,1-3H2,(H2,9,12). The Morgan fingerprint density at radius 3 is 2.94 bits per heavy atom. The van der Waals surface area contributed by atoms with Gasteiger partial charge in [-0.2, -0.15) is 0 Å². The van der Waals surface area contributed by atoms with Crippen LogP contribution in [0.3, 0.4) is 0 Å². The lowest BCUT2D eigenvalue weighted by atomic mass is 10.4. The molecule has 0 aliphatic carbocycles. The van der Waals surface area contributed by atoms with E-state index in [2.05, 4.69) is 10.2 Å². The van der Waals surface area contributed by atoms with Crippen LogP contribution >= 0.6 is 34.9 Å². The highest BCUT2D eigenvalue weighted by Crippen LogP contribution is 2.34. The highest BCUT2D eigenvalue weighted by atomic mass is 32.2. The summed E-state index contributed by atoms with van der Waals surface area (Å²) in [6, 6.07) is 0. The van der Waals surface area contributed by atoms with Crippen LogP contribution in [0.1, 0.15) is 6.42 Å². The fourth-order valence-electron chi connectivity index (χ4n) is 1.14. The number of nitrogens with zero attached hydrogens (tertiary/aromatic N) is 2. The first-order valence-electron chi connectivity index (χ1n) is 4.73. The topological polar surface area (TPSA) is 95.2 Å². The van der Waals surface area contributed by atoms with Gasteiger partial charge in [0.15, 0.2) is 8.68 Å². The Kier molecular flexibility index (Phi) is 4.24. The summed E-state index contributed by atoms with van der Waals surface area (Å²) in [5.74, 6) is -0.402. The maximum absolute atomic E-state index is 11.2. The average Bonchev–Trinajstić information content (AvgIpc) is 2.87. The van der Waals surface area contributed by atoms with Crippen LogP contribution < -0.4 is 5.73 Å². The second-order valence-electron chi connectivity index (χ2n) is 3.15. The van der Waals surface area contributed by atoms with Crippen LogP contribution in [0.25, 0.3) is 0 Å². The molecule has 1 saturated heterocycles. The zero-order valence-electron chi connectivity index (χ0n) is 8.62. The van der Waals surface area contributed by atoms with Gasteiger partial charge in [0.25, 0.3) is 0 Å². The molecule has 0 bridgehead atoms. The minimum atomic E-state index is -0.390. The molecule has 0 spiro atoms. The van der Waals surface area contributed by atoms with Crippen LogP contribution in [-0.2, 0) is 14.3 Å². The lowest BCUT2D eigenvalue weighted by Gasteiger charge is -1.99. The van der Waals surface area contributed by atoms with E-state index in [1.807, 2.05) is 0 Å². The van der Waals surface area contributed by atoms with E-state index in [0.717, 1.165) is 0 Å². The van der Waals surface area contributed by atoms with Gasteiger partial charge in [0, 0.05) is 6.42 Å². The second kappa shape index (κ2) is 5.69. The van der Waals surface area contributed by atoms with Crippen molar-refractivity contribution in [1.29, 1.82) is 0 Å². The van der Waals surface area contributed by atoms with E-state index in [9.17, 15) is 9.59 Å². The maximum atomic E-state index is 11.2. The first kappa shape index (κ1) is 12.7. The number of rotatable bonds is 5. The van der Waals surface area contributed by atoms with Crippen molar-refractivity contribution >= 4 is 46.7 Å². The van der Waals surface area contributed by atoms with Crippen molar-refractivity contribution in [3.05, 3.63) is 0 Å². The molecule has 1 aliphatic rings. The maximum Gasteiger partial charge on any atom is 0.319 e. The number of carbonyl (C=O) groups is 2. The Morgan fingerprint density at radius 1 is 1.53 bits per heavy atom. The zero-order chi connectivity index (χ0) is 12.3. The van der Waals surface area contributed by atoms with Gasteiger partial charge in [-0.25, -0.2) is 0 Å². The van der Waals surface area contributed by atoms with Crippen molar-refractivity contribution < 1.29 is 14.3 Å². The van der Waals surface area contributed by atoms with Crippen molar-refractivity contribution in [3.63, 3.8) is 0 Å². The number of hydrogen-bond donors (Lipinski definition) is 1. The molecular weight excluding hydrogens is 282 g/mol. The Bertz CT molecular complexity index is 437. The summed E-state index contributed by atoms with van der Waals surface area (Å²) < 4.78 is 6.24. The third-order valence-corrected chi connectivity index (χ3v) is 5.26. The summed E-state index contributed by atoms with van der Waals surface area (Å²) in [4.78, 5) is 21.8. The number of amides is 1. The van der Waals surface area contributed by atoms with Crippen molar-refractivity contribution in [3.8, 4) is 0 Å². The molecule has 1 fully saturated rings. The molecule has 6 nitrogen and oxygen atoms in total. The second-order valence-corrected chi connectivity index (χ2v) is 6.80. The fourth-order valence-corrected chi connectivity index (χ4v) is 4.11. The van der Waals surface area contributed by atoms with Gasteiger partial charge in [-0.15, -0.1) is 10.2 Å². The molecular formula is C8H9N3O3S3. The summed E-state index contributed by atoms with van der Waals surface area (Å²) in [6.07, 6.45) is 0.701. The Balaban J connectivity index is 1.89. The number of ether oxygens (including phenoxy) is 1. The molecule has 1 aromatic rings. The molecule has 9 heteroatoms. The lowest BCUT2D eigenvalue weighted by molar-refractivity contribution is -0.137. The number of thioether (sulfide) groups is 2. The minimum absolute atomic E-state index is 0.183. The first-order valence-corrected chi connectivity index (χ1v) is 7.41. The van der Waals surface area contributed by atoms with Gasteiger partial charge in [0.05, 0.1) is 12.4 Å². The van der Waals surface area contributed by atoms with Crippen molar-refractivity contribution in [2.24, 2.45) is 5.73 Å². The van der Waals surface area contributed by atoms with E-state index in [-0.39, 0.29) is 17.0 Å². The number of aromatic nitrogens is 2. The Labute approximate surface area is 110 Å². The number of nitrogens with two attached hydrogens (primary N) is 1. The minimum Gasteiger partial charge on any atom is -0.465 e.